The number of rotatable bonds is 6. The number of hydrogen-bond acceptors (Lipinski definition) is 5. The van der Waals surface area contributed by atoms with E-state index in [1.165, 1.54) is 0 Å². The van der Waals surface area contributed by atoms with Crippen molar-refractivity contribution in [3.63, 3.8) is 0 Å². The van der Waals surface area contributed by atoms with Gasteiger partial charge in [-0.1, -0.05) is 36.7 Å². The summed E-state index contributed by atoms with van der Waals surface area (Å²) < 4.78 is 5.30. The fourth-order valence-electron chi connectivity index (χ4n) is 3.10. The monoisotopic (exact) mass is 372 g/mol. The van der Waals surface area contributed by atoms with E-state index in [9.17, 15) is 4.79 Å². The van der Waals surface area contributed by atoms with Gasteiger partial charge >= 0.3 is 0 Å². The number of nitrogens with zero attached hydrogens (tertiary/aromatic N) is 3. The molecule has 0 aliphatic carbocycles. The van der Waals surface area contributed by atoms with Gasteiger partial charge in [-0.05, 0) is 30.7 Å². The number of para-hydroxylation sites is 1. The number of hydrogen-bond donors (Lipinski definition) is 1. The molecule has 0 saturated carbocycles. The van der Waals surface area contributed by atoms with Gasteiger partial charge in [0.15, 0.2) is 5.76 Å². The third-order valence-electron chi connectivity index (χ3n) is 4.46. The summed E-state index contributed by atoms with van der Waals surface area (Å²) in [4.78, 5) is 21.8. The molecule has 0 saturated heterocycles. The Balaban J connectivity index is 1.63. The Morgan fingerprint density at radius 1 is 1.14 bits per heavy atom. The van der Waals surface area contributed by atoms with Crippen molar-refractivity contribution < 1.29 is 9.32 Å². The lowest BCUT2D eigenvalue weighted by Crippen LogP contribution is -2.23. The standard InChI is InChI=1S/C22H20N4O2/c1-2-6-16-11-17(28-26-16)14-24-22(27)19-12-21(15-7-5-10-23-13-15)25-20-9-4-3-8-18(19)20/h3-5,7-13H,2,6,14H2,1H3,(H,24,27). The lowest BCUT2D eigenvalue weighted by Gasteiger charge is -2.10. The van der Waals surface area contributed by atoms with E-state index in [1.807, 2.05) is 42.5 Å². The zero-order valence-corrected chi connectivity index (χ0v) is 15.6. The normalized spacial score (nSPS) is 10.9. The second kappa shape index (κ2) is 8.00. The van der Waals surface area contributed by atoms with Crippen LogP contribution in [0.5, 0.6) is 0 Å². The molecule has 3 heterocycles. The summed E-state index contributed by atoms with van der Waals surface area (Å²) in [5, 5.41) is 7.75. The predicted molar refractivity (Wildman–Crippen MR) is 107 cm³/mol. The van der Waals surface area contributed by atoms with Crippen LogP contribution in [0.25, 0.3) is 22.2 Å². The fourth-order valence-corrected chi connectivity index (χ4v) is 3.10. The first-order valence-electron chi connectivity index (χ1n) is 9.27. The van der Waals surface area contributed by atoms with Crippen LogP contribution in [0.4, 0.5) is 0 Å². The molecule has 0 aliphatic rings. The highest BCUT2D eigenvalue weighted by Gasteiger charge is 2.15. The molecule has 0 radical (unpaired) electrons. The summed E-state index contributed by atoms with van der Waals surface area (Å²) in [7, 11) is 0. The number of aryl methyl sites for hydroxylation is 1. The number of aromatic nitrogens is 3. The van der Waals surface area contributed by atoms with Crippen molar-refractivity contribution in [2.75, 3.05) is 0 Å². The zero-order chi connectivity index (χ0) is 19.3. The van der Waals surface area contributed by atoms with Gasteiger partial charge in [0.2, 0.25) is 0 Å². The molecule has 140 valence electrons. The molecule has 0 aliphatic heterocycles. The lowest BCUT2D eigenvalue weighted by atomic mass is 10.0. The maximum absolute atomic E-state index is 12.9. The van der Waals surface area contributed by atoms with E-state index >= 15 is 0 Å². The Morgan fingerprint density at radius 3 is 2.86 bits per heavy atom. The topological polar surface area (TPSA) is 80.9 Å². The van der Waals surface area contributed by atoms with Crippen LogP contribution in [-0.4, -0.2) is 21.0 Å². The Labute approximate surface area is 162 Å². The smallest absolute Gasteiger partial charge is 0.252 e. The largest absolute Gasteiger partial charge is 0.359 e. The van der Waals surface area contributed by atoms with Crippen LogP contribution in [0.15, 0.2) is 65.4 Å². The van der Waals surface area contributed by atoms with Gasteiger partial charge in [0.1, 0.15) is 0 Å². The minimum absolute atomic E-state index is 0.183. The predicted octanol–water partition coefficient (Wildman–Crippen LogP) is 4.17. The Morgan fingerprint density at radius 2 is 2.04 bits per heavy atom. The van der Waals surface area contributed by atoms with Gasteiger partial charge < -0.3 is 9.84 Å². The van der Waals surface area contributed by atoms with Crippen LogP contribution >= 0.6 is 0 Å². The highest BCUT2D eigenvalue weighted by molar-refractivity contribution is 6.07. The van der Waals surface area contributed by atoms with Crippen LogP contribution in [-0.2, 0) is 13.0 Å². The van der Waals surface area contributed by atoms with Crippen LogP contribution in [0.3, 0.4) is 0 Å². The van der Waals surface area contributed by atoms with Gasteiger partial charge in [-0.25, -0.2) is 4.98 Å². The van der Waals surface area contributed by atoms with E-state index in [0.29, 0.717) is 17.0 Å². The lowest BCUT2D eigenvalue weighted by molar-refractivity contribution is 0.0948. The summed E-state index contributed by atoms with van der Waals surface area (Å²) in [6.45, 7) is 2.37. The molecule has 0 atom stereocenters. The molecule has 1 N–H and O–H groups in total. The zero-order valence-electron chi connectivity index (χ0n) is 15.6. The first-order chi connectivity index (χ1) is 13.7. The molecular weight excluding hydrogens is 352 g/mol. The molecule has 0 unspecified atom stereocenters. The second-order valence-corrected chi connectivity index (χ2v) is 6.53. The van der Waals surface area contributed by atoms with Crippen molar-refractivity contribution in [2.24, 2.45) is 0 Å². The van der Waals surface area contributed by atoms with Gasteiger partial charge in [0.25, 0.3) is 5.91 Å². The van der Waals surface area contributed by atoms with Gasteiger partial charge in [0.05, 0.1) is 29.0 Å². The van der Waals surface area contributed by atoms with Gasteiger partial charge in [-0.2, -0.15) is 0 Å². The van der Waals surface area contributed by atoms with Crippen molar-refractivity contribution in [3.8, 4) is 11.3 Å². The van der Waals surface area contributed by atoms with Crippen LogP contribution in [0.1, 0.15) is 35.2 Å². The van der Waals surface area contributed by atoms with E-state index in [-0.39, 0.29) is 12.5 Å². The summed E-state index contributed by atoms with van der Waals surface area (Å²) in [5.41, 5.74) is 3.81. The minimum Gasteiger partial charge on any atom is -0.359 e. The van der Waals surface area contributed by atoms with Crippen molar-refractivity contribution in [3.05, 3.63) is 77.9 Å². The van der Waals surface area contributed by atoms with E-state index in [0.717, 1.165) is 35.0 Å². The average molecular weight is 372 g/mol. The average Bonchev–Trinajstić information content (AvgIpc) is 3.19. The van der Waals surface area contributed by atoms with E-state index < -0.39 is 0 Å². The molecule has 0 fully saturated rings. The first kappa shape index (κ1) is 17.9. The molecule has 4 rings (SSSR count). The second-order valence-electron chi connectivity index (χ2n) is 6.53. The summed E-state index contributed by atoms with van der Waals surface area (Å²) in [6, 6.07) is 15.1. The Bertz CT molecular complexity index is 1110. The molecule has 3 aromatic heterocycles. The van der Waals surface area contributed by atoms with Crippen molar-refractivity contribution in [2.45, 2.75) is 26.3 Å². The number of fused-ring (bicyclic) bond motifs is 1. The highest BCUT2D eigenvalue weighted by Crippen LogP contribution is 2.24. The molecule has 0 spiro atoms. The molecule has 6 heteroatoms. The number of benzene rings is 1. The molecule has 1 amide bonds. The summed E-state index contributed by atoms with van der Waals surface area (Å²) >= 11 is 0. The number of carbonyl (C=O) groups excluding carboxylic acids is 1. The van der Waals surface area contributed by atoms with E-state index in [2.05, 4.69) is 27.4 Å². The van der Waals surface area contributed by atoms with Crippen molar-refractivity contribution >= 4 is 16.8 Å². The van der Waals surface area contributed by atoms with Crippen molar-refractivity contribution in [1.82, 2.24) is 20.4 Å². The number of nitrogens with one attached hydrogen (secondary N) is 1. The maximum Gasteiger partial charge on any atom is 0.252 e. The number of pyridine rings is 2. The number of amides is 1. The van der Waals surface area contributed by atoms with E-state index in [1.54, 1.807) is 18.5 Å². The Hall–Kier alpha value is -3.54. The number of carbonyl (C=O) groups is 1. The SMILES string of the molecule is CCCc1cc(CNC(=O)c2cc(-c3cccnc3)nc3ccccc23)on1. The third-order valence-corrected chi connectivity index (χ3v) is 4.46. The van der Waals surface area contributed by atoms with Crippen LogP contribution < -0.4 is 5.32 Å². The first-order valence-corrected chi connectivity index (χ1v) is 9.27. The molecule has 0 bridgehead atoms. The Kier molecular flexibility index (Phi) is 5.10. The molecule has 4 aromatic rings. The van der Waals surface area contributed by atoms with Gasteiger partial charge in [-0.15, -0.1) is 0 Å². The van der Waals surface area contributed by atoms with Crippen molar-refractivity contribution in [1.29, 1.82) is 0 Å². The van der Waals surface area contributed by atoms with Crippen LogP contribution in [0, 0.1) is 0 Å². The van der Waals surface area contributed by atoms with Gasteiger partial charge in [-0.3, -0.25) is 9.78 Å². The quantitative estimate of drug-likeness (QED) is 0.549. The highest BCUT2D eigenvalue weighted by atomic mass is 16.5. The van der Waals surface area contributed by atoms with Crippen LogP contribution in [0.2, 0.25) is 0 Å². The summed E-state index contributed by atoms with van der Waals surface area (Å²) in [6.07, 6.45) is 5.31. The molecule has 6 nitrogen and oxygen atoms in total. The van der Waals surface area contributed by atoms with E-state index in [4.69, 9.17) is 4.52 Å². The minimum atomic E-state index is -0.183. The summed E-state index contributed by atoms with van der Waals surface area (Å²) in [5.74, 6) is 0.458. The van der Waals surface area contributed by atoms with Gasteiger partial charge in [0, 0.05) is 29.4 Å². The molecule has 28 heavy (non-hydrogen) atoms. The fraction of sp³-hybridized carbons (Fsp3) is 0.182. The molecule has 1 aromatic carbocycles. The molecular formula is C22H20N4O2. The third kappa shape index (κ3) is 3.76. The maximum atomic E-state index is 12.9.